The Labute approximate surface area is 194 Å². The first-order valence-corrected chi connectivity index (χ1v) is 11.6. The first kappa shape index (κ1) is 22.6. The Balaban J connectivity index is 1.59. The Hall–Kier alpha value is -2.63. The number of amides is 2. The van der Waals surface area contributed by atoms with Gasteiger partial charge in [-0.3, -0.25) is 0 Å². The lowest BCUT2D eigenvalue weighted by Crippen LogP contribution is -2.46. The maximum absolute atomic E-state index is 12.9. The highest BCUT2D eigenvalue weighted by molar-refractivity contribution is 7.99. The van der Waals surface area contributed by atoms with Gasteiger partial charge in [0, 0.05) is 23.1 Å². The van der Waals surface area contributed by atoms with Crippen molar-refractivity contribution in [2.24, 2.45) is 0 Å². The van der Waals surface area contributed by atoms with E-state index < -0.39 is 18.0 Å². The number of tetrazole rings is 1. The van der Waals surface area contributed by atoms with Crippen LogP contribution < -0.4 is 10.6 Å². The molecule has 1 saturated heterocycles. The van der Waals surface area contributed by atoms with E-state index in [-0.39, 0.29) is 18.5 Å². The molecule has 12 heteroatoms. The summed E-state index contributed by atoms with van der Waals surface area (Å²) in [6.45, 7) is 3.25. The quantitative estimate of drug-likeness (QED) is 0.438. The molecule has 2 aromatic rings. The van der Waals surface area contributed by atoms with Crippen LogP contribution in [0.15, 0.2) is 40.7 Å². The van der Waals surface area contributed by atoms with Crippen molar-refractivity contribution in [1.29, 1.82) is 0 Å². The van der Waals surface area contributed by atoms with Crippen molar-refractivity contribution in [3.8, 4) is 0 Å². The number of nitrogens with one attached hydrogen (secondary N) is 2. The molecular formula is C20H23ClN6O4S. The van der Waals surface area contributed by atoms with Crippen molar-refractivity contribution in [3.05, 3.63) is 46.1 Å². The van der Waals surface area contributed by atoms with E-state index in [1.165, 1.54) is 11.8 Å². The Morgan fingerprint density at radius 3 is 2.91 bits per heavy atom. The average Bonchev–Trinajstić information content (AvgIpc) is 3.45. The van der Waals surface area contributed by atoms with E-state index in [0.29, 0.717) is 28.0 Å². The van der Waals surface area contributed by atoms with Gasteiger partial charge in [0.1, 0.15) is 0 Å². The lowest BCUT2D eigenvalue weighted by Gasteiger charge is -2.29. The van der Waals surface area contributed by atoms with Gasteiger partial charge in [0.25, 0.3) is 0 Å². The number of urea groups is 1. The number of carbonyl (C=O) groups is 2. The molecule has 4 rings (SSSR count). The van der Waals surface area contributed by atoms with Crippen LogP contribution in [0.25, 0.3) is 0 Å². The normalized spacial score (nSPS) is 20.8. The second kappa shape index (κ2) is 10.3. The number of halogens is 1. The fourth-order valence-electron chi connectivity index (χ4n) is 3.62. The van der Waals surface area contributed by atoms with Crippen LogP contribution in [-0.4, -0.2) is 57.3 Å². The Bertz CT molecular complexity index is 1010. The number of aromatic nitrogens is 4. The minimum absolute atomic E-state index is 0.0834. The number of ether oxygens (including phenoxy) is 2. The summed E-state index contributed by atoms with van der Waals surface area (Å²) in [6.07, 6.45) is 2.07. The predicted molar refractivity (Wildman–Crippen MR) is 117 cm³/mol. The minimum Gasteiger partial charge on any atom is -0.463 e. The van der Waals surface area contributed by atoms with Crippen LogP contribution in [0.3, 0.4) is 0 Å². The maximum atomic E-state index is 12.9. The molecule has 0 aliphatic carbocycles. The summed E-state index contributed by atoms with van der Waals surface area (Å²) in [6, 6.07) is 5.88. The number of rotatable bonds is 8. The van der Waals surface area contributed by atoms with Crippen LogP contribution in [0.2, 0.25) is 5.02 Å². The molecule has 2 N–H and O–H groups in total. The molecular weight excluding hydrogens is 456 g/mol. The Morgan fingerprint density at radius 2 is 2.19 bits per heavy atom. The highest BCUT2D eigenvalue weighted by Crippen LogP contribution is 2.31. The van der Waals surface area contributed by atoms with Crippen molar-refractivity contribution in [2.45, 2.75) is 43.6 Å². The lowest BCUT2D eigenvalue weighted by molar-refractivity contribution is -0.139. The molecule has 2 aliphatic heterocycles. The van der Waals surface area contributed by atoms with E-state index >= 15 is 0 Å². The fourth-order valence-corrected chi connectivity index (χ4v) is 4.60. The highest BCUT2D eigenvalue weighted by atomic mass is 35.5. The van der Waals surface area contributed by atoms with Crippen molar-refractivity contribution in [2.75, 3.05) is 19.0 Å². The third kappa shape index (κ3) is 5.22. The van der Waals surface area contributed by atoms with E-state index in [9.17, 15) is 9.59 Å². The summed E-state index contributed by atoms with van der Waals surface area (Å²) in [5.41, 5.74) is 1.50. The zero-order valence-corrected chi connectivity index (χ0v) is 19.0. The molecule has 2 aliphatic rings. The first-order chi connectivity index (χ1) is 15.5. The van der Waals surface area contributed by atoms with Gasteiger partial charge in [-0.25, -0.2) is 14.3 Å². The summed E-state index contributed by atoms with van der Waals surface area (Å²) in [5.74, 6) is -0.230. The number of thioether (sulfide) groups is 1. The molecule has 0 spiro atoms. The molecule has 10 nitrogen and oxygen atoms in total. The lowest BCUT2D eigenvalue weighted by atomic mass is 9.95. The van der Waals surface area contributed by atoms with Gasteiger partial charge in [-0.05, 0) is 47.9 Å². The van der Waals surface area contributed by atoms with Crippen molar-refractivity contribution < 1.29 is 19.1 Å². The zero-order chi connectivity index (χ0) is 22.5. The van der Waals surface area contributed by atoms with Crippen LogP contribution in [0.4, 0.5) is 4.79 Å². The topological polar surface area (TPSA) is 120 Å². The average molecular weight is 479 g/mol. The molecule has 2 amide bonds. The largest absolute Gasteiger partial charge is 0.463 e. The third-order valence-electron chi connectivity index (χ3n) is 5.10. The summed E-state index contributed by atoms with van der Waals surface area (Å²) >= 11 is 7.33. The minimum atomic E-state index is -0.668. The zero-order valence-electron chi connectivity index (χ0n) is 17.4. The molecule has 1 aromatic heterocycles. The molecule has 2 atom stereocenters. The molecule has 1 aromatic carbocycles. The number of nitrogens with zero attached hydrogens (tertiary/aromatic N) is 4. The van der Waals surface area contributed by atoms with Gasteiger partial charge >= 0.3 is 12.0 Å². The molecule has 0 bridgehead atoms. The van der Waals surface area contributed by atoms with E-state index in [1.807, 2.05) is 0 Å². The Morgan fingerprint density at radius 1 is 1.38 bits per heavy atom. The van der Waals surface area contributed by atoms with Crippen LogP contribution in [0.1, 0.15) is 31.4 Å². The van der Waals surface area contributed by atoms with E-state index in [0.717, 1.165) is 25.0 Å². The third-order valence-corrected chi connectivity index (χ3v) is 6.33. The van der Waals surface area contributed by atoms with Crippen molar-refractivity contribution >= 4 is 35.4 Å². The van der Waals surface area contributed by atoms with Gasteiger partial charge in [0.15, 0.2) is 0 Å². The van der Waals surface area contributed by atoms with Gasteiger partial charge in [-0.1, -0.05) is 35.5 Å². The van der Waals surface area contributed by atoms with Gasteiger partial charge < -0.3 is 20.1 Å². The molecule has 3 heterocycles. The van der Waals surface area contributed by atoms with Crippen LogP contribution in [-0.2, 0) is 20.8 Å². The maximum Gasteiger partial charge on any atom is 0.338 e. The second-order valence-corrected chi connectivity index (χ2v) is 8.64. The van der Waals surface area contributed by atoms with E-state index in [1.54, 1.807) is 35.9 Å². The number of carbonyl (C=O) groups excluding carboxylic acids is 2. The summed E-state index contributed by atoms with van der Waals surface area (Å²) in [7, 11) is 0. The van der Waals surface area contributed by atoms with Crippen LogP contribution in [0.5, 0.6) is 0 Å². The van der Waals surface area contributed by atoms with E-state index in [4.69, 9.17) is 21.1 Å². The smallest absolute Gasteiger partial charge is 0.338 e. The van der Waals surface area contributed by atoms with Crippen LogP contribution in [0, 0.1) is 0 Å². The predicted octanol–water partition coefficient (Wildman–Crippen LogP) is 2.47. The Kier molecular flexibility index (Phi) is 7.28. The standard InChI is InChI=1S/C20H23ClN6O4S/c1-2-30-18(28)16-15(22-19(29)23-17(16)12-5-7-13(21)8-6-12)11-32-20-24-25-26-27(20)10-14-4-3-9-31-14/h5-8,14,17H,2-4,9-11H2,1H3,(H2,22,23,29). The monoisotopic (exact) mass is 478 g/mol. The number of hydrogen-bond donors (Lipinski definition) is 2. The molecule has 0 radical (unpaired) electrons. The van der Waals surface area contributed by atoms with Gasteiger partial charge in [-0.2, -0.15) is 0 Å². The second-order valence-electron chi connectivity index (χ2n) is 7.26. The molecule has 0 saturated carbocycles. The SMILES string of the molecule is CCOC(=O)C1=C(CSc2nnnn2CC2CCCO2)NC(=O)NC1c1ccc(Cl)cc1. The molecule has 170 valence electrons. The molecule has 1 fully saturated rings. The van der Waals surface area contributed by atoms with Crippen molar-refractivity contribution in [1.82, 2.24) is 30.8 Å². The van der Waals surface area contributed by atoms with Gasteiger partial charge in [-0.15, -0.1) is 5.10 Å². The molecule has 2 unspecified atom stereocenters. The fraction of sp³-hybridized carbons (Fsp3) is 0.450. The summed E-state index contributed by atoms with van der Waals surface area (Å²) in [4.78, 5) is 25.3. The molecule has 32 heavy (non-hydrogen) atoms. The summed E-state index contributed by atoms with van der Waals surface area (Å²) in [5, 5.41) is 18.6. The highest BCUT2D eigenvalue weighted by Gasteiger charge is 2.34. The van der Waals surface area contributed by atoms with Crippen molar-refractivity contribution in [3.63, 3.8) is 0 Å². The summed E-state index contributed by atoms with van der Waals surface area (Å²) < 4.78 is 12.6. The number of hydrogen-bond acceptors (Lipinski definition) is 8. The number of esters is 1. The van der Waals surface area contributed by atoms with Gasteiger partial charge in [0.2, 0.25) is 5.16 Å². The van der Waals surface area contributed by atoms with Gasteiger partial charge in [0.05, 0.1) is 30.9 Å². The first-order valence-electron chi connectivity index (χ1n) is 10.3. The number of benzene rings is 1. The van der Waals surface area contributed by atoms with E-state index in [2.05, 4.69) is 26.2 Å². The van der Waals surface area contributed by atoms with Crippen LogP contribution >= 0.6 is 23.4 Å².